The van der Waals surface area contributed by atoms with Crippen LogP contribution in [0, 0.1) is 20.8 Å². The monoisotopic (exact) mass is 683 g/mol. The molecule has 0 fully saturated rings. The fourth-order valence-electron chi connectivity index (χ4n) is 2.57. The molecule has 36 heavy (non-hydrogen) atoms. The van der Waals surface area contributed by atoms with Gasteiger partial charge in [0, 0.05) is 55.9 Å². The number of para-hydroxylation sites is 1. The Bertz CT molecular complexity index is 1350. The first-order valence-electron chi connectivity index (χ1n) is 10.1. The number of nitrogens with one attached hydrogen (secondary N) is 1. The molecular formula is C27H32Br3N3O3. The first kappa shape index (κ1) is 33.5. The SMILES string of the molecule is C.C.COc1cc(C)c(Br)cn1.Cc1cc(=O)[nH]cc1Br.Cc1cc(=O)n(-c2ccccc2)cc1Br. The zero-order valence-electron chi connectivity index (χ0n) is 19.1. The molecule has 0 aliphatic carbocycles. The van der Waals surface area contributed by atoms with Crippen LogP contribution in [0.2, 0.25) is 0 Å². The number of rotatable bonds is 2. The number of aromatic amines is 1. The Hall–Kier alpha value is -2.49. The molecule has 0 bridgehead atoms. The Morgan fingerprint density at radius 2 is 1.42 bits per heavy atom. The van der Waals surface area contributed by atoms with Gasteiger partial charge in [0.25, 0.3) is 5.56 Å². The van der Waals surface area contributed by atoms with E-state index in [2.05, 4.69) is 57.8 Å². The lowest BCUT2D eigenvalue weighted by Crippen LogP contribution is -2.17. The third-order valence-corrected chi connectivity index (χ3v) is 7.04. The number of H-pyrrole nitrogens is 1. The van der Waals surface area contributed by atoms with E-state index >= 15 is 0 Å². The molecule has 3 heterocycles. The molecular weight excluding hydrogens is 654 g/mol. The van der Waals surface area contributed by atoms with E-state index in [0.29, 0.717) is 5.88 Å². The van der Waals surface area contributed by atoms with Crippen LogP contribution < -0.4 is 15.9 Å². The Morgan fingerprint density at radius 3 is 1.94 bits per heavy atom. The second kappa shape index (κ2) is 16.3. The maximum absolute atomic E-state index is 11.7. The van der Waals surface area contributed by atoms with Crippen molar-refractivity contribution in [1.82, 2.24) is 14.5 Å². The summed E-state index contributed by atoms with van der Waals surface area (Å²) in [5.74, 6) is 0.653. The molecule has 1 N–H and O–H groups in total. The van der Waals surface area contributed by atoms with E-state index in [9.17, 15) is 9.59 Å². The molecule has 4 rings (SSSR count). The van der Waals surface area contributed by atoms with Crippen molar-refractivity contribution in [3.05, 3.63) is 118 Å². The van der Waals surface area contributed by atoms with Gasteiger partial charge in [0.05, 0.1) is 7.11 Å². The predicted molar refractivity (Wildman–Crippen MR) is 161 cm³/mol. The van der Waals surface area contributed by atoms with Crippen LogP contribution in [0.1, 0.15) is 31.5 Å². The molecule has 0 amide bonds. The van der Waals surface area contributed by atoms with Crippen molar-refractivity contribution in [1.29, 1.82) is 0 Å². The average molecular weight is 686 g/mol. The summed E-state index contributed by atoms with van der Waals surface area (Å²) in [6, 6.07) is 14.6. The highest BCUT2D eigenvalue weighted by atomic mass is 79.9. The van der Waals surface area contributed by atoms with Crippen LogP contribution in [0.15, 0.2) is 90.1 Å². The van der Waals surface area contributed by atoms with E-state index in [1.807, 2.05) is 57.2 Å². The highest BCUT2D eigenvalue weighted by molar-refractivity contribution is 9.11. The van der Waals surface area contributed by atoms with Gasteiger partial charge in [0.15, 0.2) is 0 Å². The number of ether oxygens (including phenoxy) is 1. The third kappa shape index (κ3) is 10.2. The molecule has 0 atom stereocenters. The molecule has 1 aromatic carbocycles. The quantitative estimate of drug-likeness (QED) is 0.234. The summed E-state index contributed by atoms with van der Waals surface area (Å²) in [5.41, 5.74) is 3.85. The van der Waals surface area contributed by atoms with E-state index in [1.165, 1.54) is 0 Å². The van der Waals surface area contributed by atoms with Gasteiger partial charge in [0.2, 0.25) is 11.4 Å². The predicted octanol–water partition coefficient (Wildman–Crippen LogP) is 7.79. The summed E-state index contributed by atoms with van der Waals surface area (Å²) in [4.78, 5) is 28.8. The van der Waals surface area contributed by atoms with Crippen LogP contribution in [-0.4, -0.2) is 21.6 Å². The van der Waals surface area contributed by atoms with Gasteiger partial charge in [-0.15, -0.1) is 0 Å². The molecule has 0 saturated heterocycles. The lowest BCUT2D eigenvalue weighted by Gasteiger charge is -2.06. The molecule has 9 heteroatoms. The minimum atomic E-state index is -0.0595. The van der Waals surface area contributed by atoms with Crippen molar-refractivity contribution in [3.63, 3.8) is 0 Å². The van der Waals surface area contributed by atoms with E-state index in [1.54, 1.807) is 42.4 Å². The zero-order valence-corrected chi connectivity index (χ0v) is 23.9. The maximum Gasteiger partial charge on any atom is 0.255 e. The molecule has 0 aliphatic heterocycles. The smallest absolute Gasteiger partial charge is 0.255 e. The molecule has 3 aromatic heterocycles. The average Bonchev–Trinajstić information content (AvgIpc) is 2.82. The van der Waals surface area contributed by atoms with Gasteiger partial charge in [-0.1, -0.05) is 33.1 Å². The topological polar surface area (TPSA) is 77.0 Å². The minimum absolute atomic E-state index is 0. The van der Waals surface area contributed by atoms with Crippen molar-refractivity contribution >= 4 is 47.8 Å². The largest absolute Gasteiger partial charge is 0.481 e. The van der Waals surface area contributed by atoms with Crippen LogP contribution in [0.25, 0.3) is 5.69 Å². The van der Waals surface area contributed by atoms with Gasteiger partial charge >= 0.3 is 0 Å². The number of hydrogen-bond donors (Lipinski definition) is 1. The molecule has 0 unspecified atom stereocenters. The Morgan fingerprint density at radius 1 is 0.833 bits per heavy atom. The van der Waals surface area contributed by atoms with E-state index in [-0.39, 0.29) is 26.0 Å². The normalized spacial score (nSPS) is 9.31. The summed E-state index contributed by atoms with van der Waals surface area (Å²) in [5, 5.41) is 0. The number of methoxy groups -OCH3 is 1. The second-order valence-corrected chi connectivity index (χ2v) is 9.72. The van der Waals surface area contributed by atoms with Crippen LogP contribution in [-0.2, 0) is 0 Å². The fourth-order valence-corrected chi connectivity index (χ4v) is 3.34. The third-order valence-electron chi connectivity index (χ3n) is 4.53. The number of nitrogens with zero attached hydrogens (tertiary/aromatic N) is 2. The van der Waals surface area contributed by atoms with E-state index < -0.39 is 0 Å². The molecule has 4 aromatic rings. The number of halogens is 3. The summed E-state index contributed by atoms with van der Waals surface area (Å²) in [6.45, 7) is 5.77. The van der Waals surface area contributed by atoms with Crippen LogP contribution >= 0.6 is 47.8 Å². The lowest BCUT2D eigenvalue weighted by atomic mass is 10.2. The van der Waals surface area contributed by atoms with Crippen molar-refractivity contribution in [2.24, 2.45) is 0 Å². The van der Waals surface area contributed by atoms with Gasteiger partial charge in [-0.2, -0.15) is 0 Å². The molecule has 6 nitrogen and oxygen atoms in total. The Balaban J connectivity index is 0.000000518. The van der Waals surface area contributed by atoms with Crippen molar-refractivity contribution in [2.45, 2.75) is 35.6 Å². The fraction of sp³-hybridized carbons (Fsp3) is 0.222. The molecule has 0 spiro atoms. The van der Waals surface area contributed by atoms with Crippen molar-refractivity contribution in [2.75, 3.05) is 7.11 Å². The number of aromatic nitrogens is 3. The summed E-state index contributed by atoms with van der Waals surface area (Å²) < 4.78 is 9.42. The zero-order chi connectivity index (χ0) is 25.3. The first-order chi connectivity index (χ1) is 16.1. The highest BCUT2D eigenvalue weighted by Gasteiger charge is 2.02. The minimum Gasteiger partial charge on any atom is -0.481 e. The van der Waals surface area contributed by atoms with E-state index in [0.717, 1.165) is 35.8 Å². The van der Waals surface area contributed by atoms with Crippen molar-refractivity contribution < 1.29 is 4.74 Å². The van der Waals surface area contributed by atoms with E-state index in [4.69, 9.17) is 4.74 Å². The Kier molecular flexibility index (Phi) is 15.2. The highest BCUT2D eigenvalue weighted by Crippen LogP contribution is 2.18. The molecule has 194 valence electrons. The van der Waals surface area contributed by atoms with Gasteiger partial charge < -0.3 is 9.72 Å². The summed E-state index contributed by atoms with van der Waals surface area (Å²) in [7, 11) is 1.61. The maximum atomic E-state index is 11.7. The molecule has 0 radical (unpaired) electrons. The molecule has 0 saturated carbocycles. The lowest BCUT2D eigenvalue weighted by molar-refractivity contribution is 0.397. The number of benzene rings is 1. The first-order valence-corrected chi connectivity index (χ1v) is 12.5. The van der Waals surface area contributed by atoms with Gasteiger partial charge in [-0.25, -0.2) is 4.98 Å². The second-order valence-electron chi connectivity index (χ2n) is 7.15. The number of hydrogen-bond acceptors (Lipinski definition) is 4. The number of aryl methyl sites for hydroxylation is 3. The molecule has 0 aliphatic rings. The van der Waals surface area contributed by atoms with Crippen LogP contribution in [0.5, 0.6) is 5.88 Å². The number of pyridine rings is 3. The summed E-state index contributed by atoms with van der Waals surface area (Å²) in [6.07, 6.45) is 5.17. The van der Waals surface area contributed by atoms with Gasteiger partial charge in [-0.3, -0.25) is 14.2 Å². The van der Waals surface area contributed by atoms with Crippen LogP contribution in [0.3, 0.4) is 0 Å². The van der Waals surface area contributed by atoms with Gasteiger partial charge in [0.1, 0.15) is 0 Å². The van der Waals surface area contributed by atoms with Crippen LogP contribution in [0.4, 0.5) is 0 Å². The van der Waals surface area contributed by atoms with Gasteiger partial charge in [-0.05, 0) is 97.4 Å². The standard InChI is InChI=1S/C12H10BrNO.C7H8BrNO.C6H6BrNO.2CH4/c1-9-7-12(15)14(8-11(9)13)10-5-3-2-4-6-10;1-5-3-7(10-2)9-4-6(5)8;1-4-2-6(9)8-3-5(4)7;;/h2-8H,1H3;3-4H,1-2H3;2-3H,1H3,(H,8,9);2*1H4. The summed E-state index contributed by atoms with van der Waals surface area (Å²) >= 11 is 10.0. The van der Waals surface area contributed by atoms with Crippen molar-refractivity contribution in [3.8, 4) is 11.6 Å². The Labute approximate surface area is 238 Å².